The lowest BCUT2D eigenvalue weighted by atomic mass is 10.1. The van der Waals surface area contributed by atoms with Gasteiger partial charge in [0.05, 0.1) is 18.6 Å². The van der Waals surface area contributed by atoms with Crippen LogP contribution in [-0.2, 0) is 24.2 Å². The minimum atomic E-state index is -0.247. The zero-order chi connectivity index (χ0) is 28.1. The lowest BCUT2D eigenvalue weighted by Crippen LogP contribution is -2.23. The van der Waals surface area contributed by atoms with E-state index in [1.54, 1.807) is 19.2 Å². The van der Waals surface area contributed by atoms with Gasteiger partial charge in [-0.3, -0.25) is 14.2 Å². The van der Waals surface area contributed by atoms with Gasteiger partial charge in [0.1, 0.15) is 10.4 Å². The lowest BCUT2D eigenvalue weighted by molar-refractivity contribution is -0.113. The van der Waals surface area contributed by atoms with Crippen molar-refractivity contribution in [1.29, 1.82) is 0 Å². The molecule has 0 atom stereocenters. The summed E-state index contributed by atoms with van der Waals surface area (Å²) in [5, 5.41) is 3.39. The summed E-state index contributed by atoms with van der Waals surface area (Å²) in [6.07, 6.45) is 1.56. The van der Waals surface area contributed by atoms with Crippen LogP contribution in [0, 0.1) is 3.95 Å². The molecule has 1 amide bonds. The highest BCUT2D eigenvalue weighted by Gasteiger charge is 2.21. The fourth-order valence-electron chi connectivity index (χ4n) is 4.45. The molecule has 0 aliphatic carbocycles. The Morgan fingerprint density at radius 2 is 1.77 bits per heavy atom. The number of hydrogen-bond donors (Lipinski definition) is 1. The van der Waals surface area contributed by atoms with Gasteiger partial charge in [0.15, 0.2) is 14.8 Å². The van der Waals surface area contributed by atoms with Gasteiger partial charge in [0.2, 0.25) is 5.91 Å². The third-order valence-corrected chi connectivity index (χ3v) is 8.82. The Morgan fingerprint density at radius 3 is 2.55 bits per heavy atom. The van der Waals surface area contributed by atoms with Crippen LogP contribution in [0.15, 0.2) is 88.8 Å². The normalized spacial score (nSPS) is 11.1. The molecule has 40 heavy (non-hydrogen) atoms. The number of benzene rings is 3. The van der Waals surface area contributed by atoms with Gasteiger partial charge >= 0.3 is 0 Å². The standard InChI is InChI=1S/C30H28N4O3S3/c1-3-21-13-7-8-14-22(21)31-25(35)19-39-29-32-27-26(28(36)34(29)23-15-9-10-16-24(23)37-2)40-30(38)33(27)18-17-20-11-5-4-6-12-20/h4-16H,3,17-19H2,1-2H3,(H,31,35). The number of aromatic nitrogens is 3. The maximum Gasteiger partial charge on any atom is 0.278 e. The van der Waals surface area contributed by atoms with Crippen molar-refractivity contribution in [2.45, 2.75) is 31.5 Å². The number of fused-ring (bicyclic) bond motifs is 1. The molecule has 0 fully saturated rings. The molecule has 10 heteroatoms. The molecule has 5 aromatic rings. The van der Waals surface area contributed by atoms with E-state index in [0.717, 1.165) is 24.1 Å². The van der Waals surface area contributed by atoms with Gasteiger partial charge in [0, 0.05) is 12.2 Å². The van der Waals surface area contributed by atoms with Crippen LogP contribution in [0.4, 0.5) is 5.69 Å². The molecule has 0 spiro atoms. The SMILES string of the molecule is CCc1ccccc1NC(=O)CSc1nc2c(sc(=S)n2CCc2ccccc2)c(=O)n1-c1ccccc1OC. The Morgan fingerprint density at radius 1 is 1.05 bits per heavy atom. The second-order valence-electron chi connectivity index (χ2n) is 8.96. The zero-order valence-corrected chi connectivity index (χ0v) is 24.6. The van der Waals surface area contributed by atoms with Crippen LogP contribution < -0.4 is 15.6 Å². The molecule has 2 aromatic heterocycles. The highest BCUT2D eigenvalue weighted by atomic mass is 32.2. The molecule has 2 heterocycles. The number of nitrogens with zero attached hydrogens (tertiary/aromatic N) is 3. The summed E-state index contributed by atoms with van der Waals surface area (Å²) in [6, 6.07) is 25.1. The number of carbonyl (C=O) groups excluding carboxylic acids is 1. The predicted octanol–water partition coefficient (Wildman–Crippen LogP) is 6.52. The van der Waals surface area contributed by atoms with E-state index in [1.165, 1.54) is 33.2 Å². The molecular weight excluding hydrogens is 561 g/mol. The number of aryl methyl sites for hydroxylation is 3. The average Bonchev–Trinajstić information content (AvgIpc) is 3.30. The Hall–Kier alpha value is -3.73. The molecular formula is C30H28N4O3S3. The summed E-state index contributed by atoms with van der Waals surface area (Å²) in [4.78, 5) is 31.9. The summed E-state index contributed by atoms with van der Waals surface area (Å²) >= 11 is 8.14. The van der Waals surface area contributed by atoms with Gasteiger partial charge in [-0.15, -0.1) is 0 Å². The maximum atomic E-state index is 14.0. The van der Waals surface area contributed by atoms with Crippen LogP contribution in [0.3, 0.4) is 0 Å². The summed E-state index contributed by atoms with van der Waals surface area (Å²) in [5.74, 6) is 0.416. The van der Waals surface area contributed by atoms with Crippen molar-refractivity contribution in [3.8, 4) is 11.4 Å². The monoisotopic (exact) mass is 588 g/mol. The molecule has 0 unspecified atom stereocenters. The maximum absolute atomic E-state index is 14.0. The van der Waals surface area contributed by atoms with Crippen molar-refractivity contribution in [3.05, 3.63) is 104 Å². The molecule has 0 saturated carbocycles. The first-order valence-electron chi connectivity index (χ1n) is 12.8. The first-order valence-corrected chi connectivity index (χ1v) is 15.1. The summed E-state index contributed by atoms with van der Waals surface area (Å²) in [7, 11) is 1.56. The fourth-order valence-corrected chi connectivity index (χ4v) is 6.56. The van der Waals surface area contributed by atoms with Crippen LogP contribution in [0.5, 0.6) is 5.75 Å². The highest BCUT2D eigenvalue weighted by Crippen LogP contribution is 2.29. The molecule has 5 rings (SSSR count). The van der Waals surface area contributed by atoms with E-state index in [2.05, 4.69) is 17.4 Å². The van der Waals surface area contributed by atoms with Gasteiger partial charge in [-0.25, -0.2) is 4.98 Å². The molecule has 0 saturated heterocycles. The van der Waals surface area contributed by atoms with E-state index in [-0.39, 0.29) is 17.2 Å². The van der Waals surface area contributed by atoms with E-state index >= 15 is 0 Å². The second-order valence-corrected chi connectivity index (χ2v) is 11.5. The van der Waals surface area contributed by atoms with Gasteiger partial charge in [0.25, 0.3) is 5.56 Å². The van der Waals surface area contributed by atoms with Crippen molar-refractivity contribution in [1.82, 2.24) is 14.1 Å². The first kappa shape index (κ1) is 27.8. The van der Waals surface area contributed by atoms with Gasteiger partial charge in [-0.1, -0.05) is 90.7 Å². The van der Waals surface area contributed by atoms with Gasteiger partial charge in [-0.05, 0) is 54.4 Å². The minimum Gasteiger partial charge on any atom is -0.495 e. The molecule has 0 radical (unpaired) electrons. The summed E-state index contributed by atoms with van der Waals surface area (Å²) in [5.41, 5.74) is 3.85. The molecule has 7 nitrogen and oxygen atoms in total. The number of rotatable bonds is 10. The van der Waals surface area contributed by atoms with Gasteiger partial charge < -0.3 is 14.6 Å². The number of para-hydroxylation sites is 3. The first-order chi connectivity index (χ1) is 19.5. The van der Waals surface area contributed by atoms with Crippen molar-refractivity contribution in [3.63, 3.8) is 0 Å². The quantitative estimate of drug-likeness (QED) is 0.114. The number of methoxy groups -OCH3 is 1. The third-order valence-electron chi connectivity index (χ3n) is 6.46. The molecule has 0 bridgehead atoms. The van der Waals surface area contributed by atoms with Crippen LogP contribution in [-0.4, -0.2) is 32.9 Å². The number of hydrogen-bond acceptors (Lipinski definition) is 7. The largest absolute Gasteiger partial charge is 0.495 e. The van der Waals surface area contributed by atoms with Crippen molar-refractivity contribution >= 4 is 57.3 Å². The number of ether oxygens (including phenoxy) is 1. The highest BCUT2D eigenvalue weighted by molar-refractivity contribution is 7.99. The Labute approximate surface area is 245 Å². The Balaban J connectivity index is 1.54. The molecule has 1 N–H and O–H groups in total. The van der Waals surface area contributed by atoms with Crippen molar-refractivity contribution in [2.75, 3.05) is 18.2 Å². The minimum absolute atomic E-state index is 0.0695. The summed E-state index contributed by atoms with van der Waals surface area (Å²) < 4.78 is 10.1. The topological polar surface area (TPSA) is 78.2 Å². The van der Waals surface area contributed by atoms with Crippen LogP contribution in [0.2, 0.25) is 0 Å². The van der Waals surface area contributed by atoms with E-state index < -0.39 is 0 Å². The van der Waals surface area contributed by atoms with Crippen LogP contribution in [0.1, 0.15) is 18.1 Å². The van der Waals surface area contributed by atoms with Crippen LogP contribution in [0.25, 0.3) is 16.0 Å². The van der Waals surface area contributed by atoms with E-state index in [1.807, 2.05) is 66.1 Å². The molecule has 3 aromatic carbocycles. The van der Waals surface area contributed by atoms with E-state index in [4.69, 9.17) is 21.9 Å². The number of thioether (sulfide) groups is 1. The number of nitrogens with one attached hydrogen (secondary N) is 1. The molecule has 204 valence electrons. The Bertz CT molecular complexity index is 1780. The summed E-state index contributed by atoms with van der Waals surface area (Å²) in [6.45, 7) is 2.64. The van der Waals surface area contributed by atoms with Crippen molar-refractivity contribution < 1.29 is 9.53 Å². The third kappa shape index (κ3) is 5.89. The number of thiazole rings is 1. The predicted molar refractivity (Wildman–Crippen MR) is 166 cm³/mol. The van der Waals surface area contributed by atoms with Crippen molar-refractivity contribution in [2.24, 2.45) is 0 Å². The van der Waals surface area contributed by atoms with Gasteiger partial charge in [-0.2, -0.15) is 0 Å². The second kappa shape index (κ2) is 12.6. The Kier molecular flexibility index (Phi) is 8.78. The van der Waals surface area contributed by atoms with Crippen LogP contribution >= 0.6 is 35.3 Å². The van der Waals surface area contributed by atoms with E-state index in [0.29, 0.717) is 37.4 Å². The van der Waals surface area contributed by atoms with E-state index in [9.17, 15) is 9.59 Å². The zero-order valence-electron chi connectivity index (χ0n) is 22.1. The molecule has 0 aliphatic heterocycles. The number of carbonyl (C=O) groups is 1. The fraction of sp³-hybridized carbons (Fsp3) is 0.200. The number of amides is 1. The average molecular weight is 589 g/mol. The lowest BCUT2D eigenvalue weighted by Gasteiger charge is -2.15. The molecule has 0 aliphatic rings. The smallest absolute Gasteiger partial charge is 0.278 e. The number of anilines is 1.